The molecule has 1 saturated heterocycles. The lowest BCUT2D eigenvalue weighted by atomic mass is 10.0. The number of hydrogen-bond donors (Lipinski definition) is 0. The number of likely N-dealkylation sites (tertiary alicyclic amines) is 1. The second-order valence-electron chi connectivity index (χ2n) is 4.93. The van der Waals surface area contributed by atoms with Crippen molar-refractivity contribution >= 4 is 11.6 Å². The van der Waals surface area contributed by atoms with Gasteiger partial charge in [0.25, 0.3) is 11.6 Å². The van der Waals surface area contributed by atoms with E-state index in [1.807, 2.05) is 0 Å². The number of carbonyl (C=O) groups excluding carboxylic acids is 1. The Morgan fingerprint density at radius 1 is 1.40 bits per heavy atom. The number of benzene rings is 1. The fourth-order valence-electron chi connectivity index (χ4n) is 2.52. The first kappa shape index (κ1) is 14.5. The Balaban J connectivity index is 2.18. The minimum Gasteiger partial charge on any atom is -0.381 e. The van der Waals surface area contributed by atoms with Crippen LogP contribution in [-0.4, -0.2) is 42.0 Å². The topological polar surface area (TPSA) is 72.7 Å². The second kappa shape index (κ2) is 6.00. The van der Waals surface area contributed by atoms with Gasteiger partial charge in [-0.05, 0) is 25.8 Å². The fourth-order valence-corrected chi connectivity index (χ4v) is 2.52. The quantitative estimate of drug-likeness (QED) is 0.627. The van der Waals surface area contributed by atoms with E-state index in [9.17, 15) is 14.9 Å². The molecule has 0 aromatic heterocycles. The summed E-state index contributed by atoms with van der Waals surface area (Å²) < 4.78 is 5.27. The van der Waals surface area contributed by atoms with Gasteiger partial charge in [-0.1, -0.05) is 6.07 Å². The van der Waals surface area contributed by atoms with Crippen LogP contribution in [0.1, 0.15) is 28.8 Å². The molecule has 108 valence electrons. The maximum atomic E-state index is 12.5. The van der Waals surface area contributed by atoms with Crippen molar-refractivity contribution in [1.82, 2.24) is 4.90 Å². The number of hydrogen-bond acceptors (Lipinski definition) is 4. The Morgan fingerprint density at radius 2 is 2.05 bits per heavy atom. The van der Waals surface area contributed by atoms with Crippen molar-refractivity contribution in [3.05, 3.63) is 39.4 Å². The van der Waals surface area contributed by atoms with Gasteiger partial charge in [0.15, 0.2) is 0 Å². The van der Waals surface area contributed by atoms with Crippen molar-refractivity contribution in [2.45, 2.75) is 25.9 Å². The molecular weight excluding hydrogens is 260 g/mol. The van der Waals surface area contributed by atoms with Gasteiger partial charge in [0.05, 0.1) is 11.0 Å². The second-order valence-corrected chi connectivity index (χ2v) is 4.93. The summed E-state index contributed by atoms with van der Waals surface area (Å²) in [5.74, 6) is -0.138. The molecule has 6 nitrogen and oxygen atoms in total. The van der Waals surface area contributed by atoms with E-state index in [-0.39, 0.29) is 17.7 Å². The number of amides is 1. The third-order valence-electron chi connectivity index (χ3n) is 3.79. The number of rotatable bonds is 3. The van der Waals surface area contributed by atoms with Crippen molar-refractivity contribution in [3.63, 3.8) is 0 Å². The molecule has 2 rings (SSSR count). The standard InChI is InChI=1S/C14H18N2O4/c1-10-12(4-3-5-13(10)16(18)19)14(17)15-8-6-11(20-2)7-9-15/h3-5,11H,6-9H2,1-2H3. The van der Waals surface area contributed by atoms with Crippen LogP contribution in [0.5, 0.6) is 0 Å². The molecule has 0 N–H and O–H groups in total. The molecule has 0 aliphatic carbocycles. The summed E-state index contributed by atoms with van der Waals surface area (Å²) in [6, 6.07) is 4.62. The average molecular weight is 278 g/mol. The lowest BCUT2D eigenvalue weighted by molar-refractivity contribution is -0.385. The number of nitro benzene ring substituents is 1. The lowest BCUT2D eigenvalue weighted by Crippen LogP contribution is -2.40. The Hall–Kier alpha value is -1.95. The van der Waals surface area contributed by atoms with Crippen LogP contribution < -0.4 is 0 Å². The molecule has 1 heterocycles. The molecule has 1 aromatic rings. The fraction of sp³-hybridized carbons (Fsp3) is 0.500. The number of methoxy groups -OCH3 is 1. The zero-order valence-electron chi connectivity index (χ0n) is 11.7. The number of nitrogens with zero attached hydrogens (tertiary/aromatic N) is 2. The van der Waals surface area contributed by atoms with Crippen molar-refractivity contribution in [2.75, 3.05) is 20.2 Å². The van der Waals surface area contributed by atoms with E-state index in [2.05, 4.69) is 0 Å². The molecular formula is C14H18N2O4. The van der Waals surface area contributed by atoms with Crippen molar-refractivity contribution in [2.24, 2.45) is 0 Å². The van der Waals surface area contributed by atoms with E-state index in [4.69, 9.17) is 4.74 Å². The van der Waals surface area contributed by atoms with Gasteiger partial charge < -0.3 is 9.64 Å². The summed E-state index contributed by atoms with van der Waals surface area (Å²) in [5, 5.41) is 10.9. The Labute approximate surface area is 117 Å². The molecule has 1 aliphatic rings. The smallest absolute Gasteiger partial charge is 0.273 e. The first-order chi connectivity index (χ1) is 9.54. The summed E-state index contributed by atoms with van der Waals surface area (Å²) >= 11 is 0. The normalized spacial score (nSPS) is 16.2. The van der Waals surface area contributed by atoms with Crippen molar-refractivity contribution in [1.29, 1.82) is 0 Å². The van der Waals surface area contributed by atoms with Gasteiger partial charge in [-0.25, -0.2) is 0 Å². The highest BCUT2D eigenvalue weighted by atomic mass is 16.6. The lowest BCUT2D eigenvalue weighted by Gasteiger charge is -2.31. The van der Waals surface area contributed by atoms with Crippen LogP contribution in [0.25, 0.3) is 0 Å². The predicted octanol–water partition coefficient (Wildman–Crippen LogP) is 2.15. The van der Waals surface area contributed by atoms with Gasteiger partial charge >= 0.3 is 0 Å². The van der Waals surface area contributed by atoms with E-state index in [0.29, 0.717) is 24.2 Å². The van der Waals surface area contributed by atoms with Gasteiger partial charge in [0.2, 0.25) is 0 Å². The van der Waals surface area contributed by atoms with Gasteiger partial charge in [0, 0.05) is 37.4 Å². The minimum atomic E-state index is -0.455. The molecule has 20 heavy (non-hydrogen) atoms. The van der Waals surface area contributed by atoms with Crippen molar-refractivity contribution in [3.8, 4) is 0 Å². The van der Waals surface area contributed by atoms with Crippen LogP contribution in [0.2, 0.25) is 0 Å². The largest absolute Gasteiger partial charge is 0.381 e. The summed E-state index contributed by atoms with van der Waals surface area (Å²) in [7, 11) is 1.67. The summed E-state index contributed by atoms with van der Waals surface area (Å²) in [6.07, 6.45) is 1.80. The number of nitro groups is 1. The molecule has 0 radical (unpaired) electrons. The highest BCUT2D eigenvalue weighted by Crippen LogP contribution is 2.23. The van der Waals surface area contributed by atoms with Gasteiger partial charge in [0.1, 0.15) is 0 Å². The van der Waals surface area contributed by atoms with E-state index < -0.39 is 4.92 Å². The zero-order chi connectivity index (χ0) is 14.7. The number of carbonyl (C=O) groups is 1. The Morgan fingerprint density at radius 3 is 2.60 bits per heavy atom. The number of ether oxygens (including phenoxy) is 1. The summed E-state index contributed by atoms with van der Waals surface area (Å²) in [5.41, 5.74) is 0.828. The SMILES string of the molecule is COC1CCN(C(=O)c2cccc([N+](=O)[O-])c2C)CC1. The highest BCUT2D eigenvalue weighted by Gasteiger charge is 2.26. The first-order valence-electron chi connectivity index (χ1n) is 6.60. The molecule has 0 saturated carbocycles. The molecule has 1 amide bonds. The van der Waals surface area contributed by atoms with E-state index >= 15 is 0 Å². The highest BCUT2D eigenvalue weighted by molar-refractivity contribution is 5.96. The zero-order valence-corrected chi connectivity index (χ0v) is 11.7. The molecule has 1 aromatic carbocycles. The molecule has 6 heteroatoms. The van der Waals surface area contributed by atoms with Crippen LogP contribution >= 0.6 is 0 Å². The molecule has 0 spiro atoms. The first-order valence-corrected chi connectivity index (χ1v) is 6.60. The van der Waals surface area contributed by atoms with E-state index in [1.165, 1.54) is 6.07 Å². The third kappa shape index (κ3) is 2.80. The maximum Gasteiger partial charge on any atom is 0.273 e. The van der Waals surface area contributed by atoms with E-state index in [1.54, 1.807) is 31.1 Å². The average Bonchev–Trinajstić information content (AvgIpc) is 2.46. The third-order valence-corrected chi connectivity index (χ3v) is 3.79. The maximum absolute atomic E-state index is 12.5. The van der Waals surface area contributed by atoms with Crippen molar-refractivity contribution < 1.29 is 14.5 Å². The number of piperidine rings is 1. The Bertz CT molecular complexity index is 522. The van der Waals surface area contributed by atoms with Crippen LogP contribution in [0, 0.1) is 17.0 Å². The molecule has 0 atom stereocenters. The molecule has 0 unspecified atom stereocenters. The monoisotopic (exact) mass is 278 g/mol. The molecule has 1 aliphatic heterocycles. The van der Waals surface area contributed by atoms with Crippen LogP contribution in [0.3, 0.4) is 0 Å². The van der Waals surface area contributed by atoms with Gasteiger partial charge in [-0.15, -0.1) is 0 Å². The van der Waals surface area contributed by atoms with Gasteiger partial charge in [-0.2, -0.15) is 0 Å². The molecule has 1 fully saturated rings. The minimum absolute atomic E-state index is 0.0115. The van der Waals surface area contributed by atoms with Crippen LogP contribution in [0.4, 0.5) is 5.69 Å². The Kier molecular flexibility index (Phi) is 4.34. The van der Waals surface area contributed by atoms with Crippen LogP contribution in [-0.2, 0) is 4.74 Å². The van der Waals surface area contributed by atoms with E-state index in [0.717, 1.165) is 12.8 Å². The van der Waals surface area contributed by atoms with Gasteiger partial charge in [-0.3, -0.25) is 14.9 Å². The summed E-state index contributed by atoms with van der Waals surface area (Å²) in [6.45, 7) is 2.87. The summed E-state index contributed by atoms with van der Waals surface area (Å²) in [4.78, 5) is 24.7. The molecule has 0 bridgehead atoms. The van der Waals surface area contributed by atoms with Crippen LogP contribution in [0.15, 0.2) is 18.2 Å². The predicted molar refractivity (Wildman–Crippen MR) is 73.8 cm³/mol.